The van der Waals surface area contributed by atoms with Crippen molar-refractivity contribution in [3.8, 4) is 11.5 Å². The summed E-state index contributed by atoms with van der Waals surface area (Å²) < 4.78 is 28.3. The molecule has 3 N–H and O–H groups in total. The second kappa shape index (κ2) is 12.0. The fourth-order valence-corrected chi connectivity index (χ4v) is 5.53. The fourth-order valence-electron chi connectivity index (χ4n) is 4.04. The van der Waals surface area contributed by atoms with Crippen LogP contribution < -0.4 is 20.5 Å². The zero-order chi connectivity index (χ0) is 26.5. The van der Waals surface area contributed by atoms with Gasteiger partial charge in [-0.05, 0) is 60.0 Å². The van der Waals surface area contributed by atoms with E-state index in [1.54, 1.807) is 47.6 Å². The molecule has 4 rings (SSSR count). The zero-order valence-corrected chi connectivity index (χ0v) is 23.3. The number of thioether (sulfide) groups is 1. The SMILES string of the molecule is CCCCSc1nc2n(n1)C(c1cc(Br)c(OCc3ccccc3F)c(OCC)c1)C(C(N)=O)=C(C)N2. The molecule has 8 nitrogen and oxygen atoms in total. The molecular formula is C26H29BrFN5O3S. The maximum absolute atomic E-state index is 14.1. The minimum absolute atomic E-state index is 0.0230. The van der Waals surface area contributed by atoms with Gasteiger partial charge in [0.25, 0.3) is 0 Å². The van der Waals surface area contributed by atoms with Gasteiger partial charge in [-0.1, -0.05) is 43.3 Å². The van der Waals surface area contributed by atoms with E-state index in [-0.39, 0.29) is 12.4 Å². The number of nitrogens with one attached hydrogen (secondary N) is 1. The van der Waals surface area contributed by atoms with E-state index in [4.69, 9.17) is 20.3 Å². The predicted octanol–water partition coefficient (Wildman–Crippen LogP) is 5.82. The lowest BCUT2D eigenvalue weighted by Crippen LogP contribution is -2.32. The molecule has 0 fully saturated rings. The Morgan fingerprint density at radius 1 is 1.27 bits per heavy atom. The lowest BCUT2D eigenvalue weighted by molar-refractivity contribution is -0.115. The third-order valence-corrected chi connectivity index (χ3v) is 7.32. The molecule has 2 heterocycles. The molecule has 3 aromatic rings. The monoisotopic (exact) mass is 589 g/mol. The van der Waals surface area contributed by atoms with E-state index in [1.807, 2.05) is 13.0 Å². The molecule has 196 valence electrons. The van der Waals surface area contributed by atoms with Crippen molar-refractivity contribution in [1.29, 1.82) is 0 Å². The van der Waals surface area contributed by atoms with Crippen LogP contribution in [0.15, 0.2) is 57.3 Å². The van der Waals surface area contributed by atoms with Gasteiger partial charge in [-0.3, -0.25) is 4.79 Å². The summed E-state index contributed by atoms with van der Waals surface area (Å²) in [5.41, 5.74) is 7.94. The van der Waals surface area contributed by atoms with E-state index in [1.165, 1.54) is 6.07 Å². The van der Waals surface area contributed by atoms with Crippen LogP contribution in [-0.2, 0) is 11.4 Å². The molecule has 1 aliphatic rings. The summed E-state index contributed by atoms with van der Waals surface area (Å²) in [6.07, 6.45) is 2.13. The van der Waals surface area contributed by atoms with Crippen molar-refractivity contribution in [3.63, 3.8) is 0 Å². The molecule has 1 amide bonds. The van der Waals surface area contributed by atoms with Crippen molar-refractivity contribution in [2.75, 3.05) is 17.7 Å². The highest BCUT2D eigenvalue weighted by atomic mass is 79.9. The number of hydrogen-bond donors (Lipinski definition) is 2. The molecule has 11 heteroatoms. The highest BCUT2D eigenvalue weighted by Gasteiger charge is 2.34. The molecule has 1 atom stereocenters. The summed E-state index contributed by atoms with van der Waals surface area (Å²) in [7, 11) is 0. The first-order valence-electron chi connectivity index (χ1n) is 12.0. The first-order valence-corrected chi connectivity index (χ1v) is 13.8. The van der Waals surface area contributed by atoms with Gasteiger partial charge in [-0.2, -0.15) is 4.98 Å². The Kier molecular flexibility index (Phi) is 8.75. The molecule has 1 unspecified atom stereocenters. The second-order valence-electron chi connectivity index (χ2n) is 8.44. The number of ether oxygens (including phenoxy) is 2. The number of aromatic nitrogens is 3. The molecule has 0 aliphatic carbocycles. The van der Waals surface area contributed by atoms with Crippen LogP contribution in [0, 0.1) is 5.82 Å². The molecule has 0 saturated carbocycles. The summed E-state index contributed by atoms with van der Waals surface area (Å²) >= 11 is 5.16. The highest BCUT2D eigenvalue weighted by Crippen LogP contribution is 2.43. The number of amides is 1. The number of hydrogen-bond acceptors (Lipinski definition) is 7. The molecule has 0 bridgehead atoms. The normalized spacial score (nSPS) is 14.8. The Morgan fingerprint density at radius 2 is 2.05 bits per heavy atom. The molecule has 37 heavy (non-hydrogen) atoms. The third kappa shape index (κ3) is 5.93. The average Bonchev–Trinajstić information content (AvgIpc) is 3.25. The Labute approximate surface area is 227 Å². The maximum atomic E-state index is 14.1. The summed E-state index contributed by atoms with van der Waals surface area (Å²) in [6.45, 7) is 6.19. The van der Waals surface area contributed by atoms with Gasteiger partial charge in [-0.15, -0.1) is 5.10 Å². The summed E-state index contributed by atoms with van der Waals surface area (Å²) in [6, 6.07) is 9.45. The summed E-state index contributed by atoms with van der Waals surface area (Å²) in [5.74, 6) is 1.39. The van der Waals surface area contributed by atoms with E-state index in [0.717, 1.165) is 18.6 Å². The molecular weight excluding hydrogens is 561 g/mol. The van der Waals surface area contributed by atoms with Crippen molar-refractivity contribution in [1.82, 2.24) is 14.8 Å². The van der Waals surface area contributed by atoms with Crippen molar-refractivity contribution in [3.05, 3.63) is 69.1 Å². The van der Waals surface area contributed by atoms with Crippen LogP contribution in [-0.4, -0.2) is 33.0 Å². The van der Waals surface area contributed by atoms with Gasteiger partial charge in [0.1, 0.15) is 18.5 Å². The van der Waals surface area contributed by atoms with E-state index in [0.29, 0.717) is 56.1 Å². The zero-order valence-electron chi connectivity index (χ0n) is 20.9. The molecule has 0 spiro atoms. The summed E-state index contributed by atoms with van der Waals surface area (Å²) in [5, 5.41) is 8.48. The molecule has 0 radical (unpaired) electrons. The third-order valence-electron chi connectivity index (χ3n) is 5.80. The van der Waals surface area contributed by atoms with Gasteiger partial charge < -0.3 is 20.5 Å². The lowest BCUT2D eigenvalue weighted by Gasteiger charge is -2.28. The first-order chi connectivity index (χ1) is 17.8. The minimum Gasteiger partial charge on any atom is -0.490 e. The predicted molar refractivity (Wildman–Crippen MR) is 145 cm³/mol. The minimum atomic E-state index is -0.627. The first kappa shape index (κ1) is 27.0. The number of nitrogens with two attached hydrogens (primary N) is 1. The smallest absolute Gasteiger partial charge is 0.248 e. The maximum Gasteiger partial charge on any atom is 0.248 e. The van der Waals surface area contributed by atoms with Crippen LogP contribution in [0.2, 0.25) is 0 Å². The van der Waals surface area contributed by atoms with E-state index in [2.05, 4.69) is 33.2 Å². The number of halogens is 2. The van der Waals surface area contributed by atoms with Crippen LogP contribution in [0.5, 0.6) is 11.5 Å². The van der Waals surface area contributed by atoms with Crippen molar-refractivity contribution < 1.29 is 18.7 Å². The standard InChI is InChI=1S/C26H29BrFN5O3S/c1-4-6-11-37-26-31-25-30-15(3)21(24(29)34)22(33(25)32-26)17-12-18(27)23(20(13-17)35-5-2)36-14-16-9-7-8-10-19(16)28/h7-10,12-13,22H,4-6,11,14H2,1-3H3,(H2,29,34)(H,30,31,32). The van der Waals surface area contributed by atoms with Gasteiger partial charge in [0.2, 0.25) is 17.0 Å². The fraction of sp³-hybridized carbons (Fsp3) is 0.346. The second-order valence-corrected chi connectivity index (χ2v) is 10.4. The van der Waals surface area contributed by atoms with Crippen molar-refractivity contribution in [2.45, 2.75) is 51.4 Å². The van der Waals surface area contributed by atoms with Crippen LogP contribution >= 0.6 is 27.7 Å². The number of anilines is 1. The van der Waals surface area contributed by atoms with Crippen molar-refractivity contribution in [2.24, 2.45) is 5.73 Å². The number of rotatable bonds is 11. The number of allylic oxidation sites excluding steroid dienone is 1. The number of fused-ring (bicyclic) bond motifs is 1. The largest absolute Gasteiger partial charge is 0.490 e. The van der Waals surface area contributed by atoms with E-state index in [9.17, 15) is 9.18 Å². The Morgan fingerprint density at radius 3 is 2.76 bits per heavy atom. The van der Waals surface area contributed by atoms with Crippen LogP contribution in [0.1, 0.15) is 50.8 Å². The number of carbonyl (C=O) groups excluding carboxylic acids is 1. The number of unbranched alkanes of at least 4 members (excludes halogenated alkanes) is 1. The van der Waals surface area contributed by atoms with E-state index >= 15 is 0 Å². The average molecular weight is 591 g/mol. The van der Waals surface area contributed by atoms with Crippen LogP contribution in [0.25, 0.3) is 0 Å². The van der Waals surface area contributed by atoms with Gasteiger partial charge >= 0.3 is 0 Å². The van der Waals surface area contributed by atoms with E-state index < -0.39 is 11.9 Å². The molecule has 0 saturated heterocycles. The molecule has 2 aromatic carbocycles. The topological polar surface area (TPSA) is 104 Å². The number of carbonyl (C=O) groups is 1. The van der Waals surface area contributed by atoms with Crippen molar-refractivity contribution >= 4 is 39.5 Å². The quantitative estimate of drug-likeness (QED) is 0.214. The Balaban J connectivity index is 1.74. The molecule has 1 aromatic heterocycles. The van der Waals surface area contributed by atoms with Crippen LogP contribution in [0.4, 0.5) is 10.3 Å². The number of nitrogens with zero attached hydrogens (tertiary/aromatic N) is 3. The number of benzene rings is 2. The van der Waals surface area contributed by atoms with Gasteiger partial charge in [-0.25, -0.2) is 9.07 Å². The Hall–Kier alpha value is -3.05. The summed E-state index contributed by atoms with van der Waals surface area (Å²) in [4.78, 5) is 17.2. The highest BCUT2D eigenvalue weighted by molar-refractivity contribution is 9.10. The lowest BCUT2D eigenvalue weighted by atomic mass is 9.95. The van der Waals surface area contributed by atoms with Gasteiger partial charge in [0.05, 0.1) is 16.7 Å². The van der Waals surface area contributed by atoms with Gasteiger partial charge in [0.15, 0.2) is 11.5 Å². The van der Waals surface area contributed by atoms with Crippen LogP contribution in [0.3, 0.4) is 0 Å². The van der Waals surface area contributed by atoms with Gasteiger partial charge in [0, 0.05) is 17.0 Å². The number of primary amides is 1. The Bertz CT molecular complexity index is 1330. The molecule has 1 aliphatic heterocycles.